The molecule has 0 bridgehead atoms. The number of nitrogens with zero attached hydrogens (tertiary/aromatic N) is 3. The SMILES string of the molecule is Cc1cc(COc2ccc(F)cc2Cl)c(C)c(C2C(C#N)=C(N)N(c3cc([N+](=O)[O-])ccc3Cl)C3=C2C(=O)CCC3)c1. The van der Waals surface area contributed by atoms with Crippen LogP contribution in [0.25, 0.3) is 0 Å². The highest BCUT2D eigenvalue weighted by molar-refractivity contribution is 6.33. The zero-order valence-electron chi connectivity index (χ0n) is 22.7. The van der Waals surface area contributed by atoms with E-state index in [1.165, 1.54) is 41.3 Å². The Labute approximate surface area is 251 Å². The average Bonchev–Trinajstić information content (AvgIpc) is 2.94. The second-order valence-electron chi connectivity index (χ2n) is 10.2. The number of allylic oxidation sites excluding steroid dienone is 3. The van der Waals surface area contributed by atoms with Crippen LogP contribution in [0.4, 0.5) is 15.8 Å². The molecule has 0 amide bonds. The predicted molar refractivity (Wildman–Crippen MR) is 158 cm³/mol. The number of non-ortho nitro benzene ring substituents is 1. The first-order valence-electron chi connectivity index (χ1n) is 13.1. The lowest BCUT2D eigenvalue weighted by Crippen LogP contribution is -2.39. The Balaban J connectivity index is 1.66. The molecule has 0 saturated carbocycles. The highest BCUT2D eigenvalue weighted by Gasteiger charge is 2.41. The van der Waals surface area contributed by atoms with E-state index in [4.69, 9.17) is 33.7 Å². The van der Waals surface area contributed by atoms with Gasteiger partial charge in [0.05, 0.1) is 38.2 Å². The Morgan fingerprint density at radius 1 is 1.14 bits per heavy atom. The van der Waals surface area contributed by atoms with E-state index in [1.807, 2.05) is 26.0 Å². The minimum absolute atomic E-state index is 0.0511. The molecule has 8 nitrogen and oxygen atoms in total. The molecule has 42 heavy (non-hydrogen) atoms. The van der Waals surface area contributed by atoms with Gasteiger partial charge in [0.15, 0.2) is 5.78 Å². The summed E-state index contributed by atoms with van der Waals surface area (Å²) in [5.41, 5.74) is 11.0. The molecule has 2 aliphatic rings. The summed E-state index contributed by atoms with van der Waals surface area (Å²) in [4.78, 5) is 26.1. The maximum Gasteiger partial charge on any atom is 0.271 e. The molecule has 0 aromatic heterocycles. The zero-order chi connectivity index (χ0) is 30.3. The number of hydrogen-bond acceptors (Lipinski definition) is 7. The number of carbonyl (C=O) groups excluding carboxylic acids is 1. The monoisotopic (exact) mass is 606 g/mol. The van der Waals surface area contributed by atoms with Crippen molar-refractivity contribution >= 4 is 40.4 Å². The van der Waals surface area contributed by atoms with Gasteiger partial charge in [-0.05, 0) is 67.6 Å². The molecule has 1 aliphatic carbocycles. The van der Waals surface area contributed by atoms with Gasteiger partial charge >= 0.3 is 0 Å². The van der Waals surface area contributed by atoms with E-state index in [0.717, 1.165) is 16.7 Å². The van der Waals surface area contributed by atoms with Crippen molar-refractivity contribution in [1.82, 2.24) is 0 Å². The van der Waals surface area contributed by atoms with E-state index in [0.29, 0.717) is 35.4 Å². The van der Waals surface area contributed by atoms with Crippen molar-refractivity contribution in [3.63, 3.8) is 0 Å². The van der Waals surface area contributed by atoms with Gasteiger partial charge in [-0.1, -0.05) is 40.9 Å². The van der Waals surface area contributed by atoms with Crippen molar-refractivity contribution in [1.29, 1.82) is 5.26 Å². The normalized spacial score (nSPS) is 16.8. The van der Waals surface area contributed by atoms with Crippen molar-refractivity contribution in [2.75, 3.05) is 4.90 Å². The molecule has 0 saturated heterocycles. The number of benzene rings is 3. The predicted octanol–water partition coefficient (Wildman–Crippen LogP) is 7.54. The summed E-state index contributed by atoms with van der Waals surface area (Å²) in [6, 6.07) is 13.9. The molecule has 0 fully saturated rings. The molecule has 0 radical (unpaired) electrons. The topological polar surface area (TPSA) is 122 Å². The first-order chi connectivity index (χ1) is 20.0. The van der Waals surface area contributed by atoms with Gasteiger partial charge in [-0.15, -0.1) is 0 Å². The maximum absolute atomic E-state index is 13.6. The van der Waals surface area contributed by atoms with Crippen LogP contribution in [0.5, 0.6) is 5.75 Å². The van der Waals surface area contributed by atoms with Gasteiger partial charge < -0.3 is 10.5 Å². The lowest BCUT2D eigenvalue weighted by atomic mass is 9.73. The number of halogens is 3. The summed E-state index contributed by atoms with van der Waals surface area (Å²) in [6.07, 6.45) is 1.29. The maximum atomic E-state index is 13.6. The third-order valence-electron chi connectivity index (χ3n) is 7.58. The first-order valence-corrected chi connectivity index (χ1v) is 13.8. The quantitative estimate of drug-likeness (QED) is 0.227. The van der Waals surface area contributed by atoms with Crippen LogP contribution < -0.4 is 15.4 Å². The Bertz CT molecular complexity index is 1760. The number of nitro groups is 1. The lowest BCUT2D eigenvalue weighted by Gasteiger charge is -2.40. The summed E-state index contributed by atoms with van der Waals surface area (Å²) in [7, 11) is 0. The zero-order valence-corrected chi connectivity index (χ0v) is 24.2. The summed E-state index contributed by atoms with van der Waals surface area (Å²) >= 11 is 12.7. The Kier molecular flexibility index (Phi) is 7.95. The number of ketones is 1. The third-order valence-corrected chi connectivity index (χ3v) is 8.20. The first kappa shape index (κ1) is 29.1. The number of nitro benzene ring substituents is 1. The van der Waals surface area contributed by atoms with Crippen molar-refractivity contribution < 1.29 is 18.8 Å². The third kappa shape index (κ3) is 5.20. The number of aryl methyl sites for hydroxylation is 1. The molecule has 3 aromatic carbocycles. The number of Topliss-reactive ketones (excluding diaryl/α,β-unsaturated/α-hetero) is 1. The Morgan fingerprint density at radius 2 is 1.90 bits per heavy atom. The number of nitrogens with two attached hydrogens (primary N) is 1. The summed E-state index contributed by atoms with van der Waals surface area (Å²) < 4.78 is 19.4. The standard InChI is InChI=1S/C31H25Cl2FN4O4/c1-16-10-18(15-42-28-9-6-19(34)12-24(28)33)17(2)21(11-16)29-22(14-35)31(36)37(25-4-3-5-27(39)30(25)29)26-13-20(38(40)41)7-8-23(26)32/h6-13,29H,3-5,15,36H2,1-2H3. The minimum atomic E-state index is -0.764. The fraction of sp³-hybridized carbons (Fsp3) is 0.226. The average molecular weight is 607 g/mol. The largest absolute Gasteiger partial charge is 0.487 e. The molecule has 1 unspecified atom stereocenters. The van der Waals surface area contributed by atoms with Crippen LogP contribution in [0, 0.1) is 41.1 Å². The fourth-order valence-electron chi connectivity index (χ4n) is 5.62. The molecule has 1 atom stereocenters. The molecule has 1 heterocycles. The summed E-state index contributed by atoms with van der Waals surface area (Å²) in [5, 5.41) is 22.3. The fourth-order valence-corrected chi connectivity index (χ4v) is 6.04. The minimum Gasteiger partial charge on any atom is -0.487 e. The van der Waals surface area contributed by atoms with E-state index < -0.39 is 16.7 Å². The number of nitriles is 1. The summed E-state index contributed by atoms with van der Waals surface area (Å²) in [5.74, 6) is -1.01. The molecule has 5 rings (SSSR count). The van der Waals surface area contributed by atoms with E-state index >= 15 is 0 Å². The van der Waals surface area contributed by atoms with E-state index in [1.54, 1.807) is 0 Å². The number of hydrogen-bond donors (Lipinski definition) is 1. The molecule has 214 valence electrons. The van der Waals surface area contributed by atoms with Crippen molar-refractivity contribution in [3.05, 3.63) is 119 Å². The van der Waals surface area contributed by atoms with E-state index in [2.05, 4.69) is 6.07 Å². The van der Waals surface area contributed by atoms with Crippen LogP contribution in [0.1, 0.15) is 47.4 Å². The van der Waals surface area contributed by atoms with Crippen molar-refractivity contribution in [3.8, 4) is 11.8 Å². The van der Waals surface area contributed by atoms with Crippen LogP contribution >= 0.6 is 23.2 Å². The molecule has 11 heteroatoms. The van der Waals surface area contributed by atoms with Crippen molar-refractivity contribution in [2.45, 2.75) is 45.6 Å². The Morgan fingerprint density at radius 3 is 2.60 bits per heavy atom. The molecule has 0 spiro atoms. The highest BCUT2D eigenvalue weighted by Crippen LogP contribution is 2.49. The Hall–Kier alpha value is -4.39. The smallest absolute Gasteiger partial charge is 0.271 e. The van der Waals surface area contributed by atoms with Gasteiger partial charge in [0.1, 0.15) is 24.0 Å². The molecular weight excluding hydrogens is 582 g/mol. The molecule has 3 aromatic rings. The van der Waals surface area contributed by atoms with Crippen LogP contribution in [-0.4, -0.2) is 10.7 Å². The second kappa shape index (κ2) is 11.5. The van der Waals surface area contributed by atoms with Crippen LogP contribution in [0.3, 0.4) is 0 Å². The molecule has 1 aliphatic heterocycles. The summed E-state index contributed by atoms with van der Waals surface area (Å²) in [6.45, 7) is 3.88. The van der Waals surface area contributed by atoms with Crippen LogP contribution in [0.2, 0.25) is 10.0 Å². The van der Waals surface area contributed by atoms with Gasteiger partial charge in [0.2, 0.25) is 0 Å². The van der Waals surface area contributed by atoms with Gasteiger partial charge in [-0.25, -0.2) is 4.39 Å². The van der Waals surface area contributed by atoms with Crippen molar-refractivity contribution in [2.24, 2.45) is 5.73 Å². The number of carbonyl (C=O) groups is 1. The molecule has 2 N–H and O–H groups in total. The molecular formula is C31H25Cl2FN4O4. The lowest BCUT2D eigenvalue weighted by molar-refractivity contribution is -0.384. The van der Waals surface area contributed by atoms with Gasteiger partial charge in [0.25, 0.3) is 5.69 Å². The van der Waals surface area contributed by atoms with Crippen LogP contribution in [-0.2, 0) is 11.4 Å². The second-order valence-corrected chi connectivity index (χ2v) is 11.0. The van der Waals surface area contributed by atoms with Gasteiger partial charge in [0, 0.05) is 29.8 Å². The van der Waals surface area contributed by atoms with Gasteiger partial charge in [-0.3, -0.25) is 19.8 Å². The number of ether oxygens (including phenoxy) is 1. The highest BCUT2D eigenvalue weighted by atomic mass is 35.5. The van der Waals surface area contributed by atoms with E-state index in [9.17, 15) is 24.6 Å². The van der Waals surface area contributed by atoms with E-state index in [-0.39, 0.29) is 51.6 Å². The van der Waals surface area contributed by atoms with Gasteiger partial charge in [-0.2, -0.15) is 5.26 Å². The number of anilines is 1. The number of rotatable bonds is 6. The van der Waals surface area contributed by atoms with Crippen LogP contribution in [0.15, 0.2) is 71.2 Å².